The monoisotopic (exact) mass is 271 g/mol. The maximum atomic E-state index is 11.9. The van der Waals surface area contributed by atoms with Gasteiger partial charge in [0.15, 0.2) is 11.5 Å². The summed E-state index contributed by atoms with van der Waals surface area (Å²) in [7, 11) is 0. The number of fused-ring (bicyclic) bond motifs is 1. The molecule has 0 radical (unpaired) electrons. The Kier molecular flexibility index (Phi) is 2.94. The minimum Gasteiger partial charge on any atom is -0.441 e. The maximum Gasteiger partial charge on any atom is 0.295 e. The Bertz CT molecular complexity index is 774. The van der Waals surface area contributed by atoms with Crippen molar-refractivity contribution < 1.29 is 9.21 Å². The van der Waals surface area contributed by atoms with Crippen LogP contribution in [0.3, 0.4) is 0 Å². The highest BCUT2D eigenvalue weighted by Gasteiger charge is 2.12. The number of oxazole rings is 1. The van der Waals surface area contributed by atoms with Crippen LogP contribution in [0.15, 0.2) is 22.6 Å². The van der Waals surface area contributed by atoms with E-state index in [0.29, 0.717) is 28.5 Å². The summed E-state index contributed by atoms with van der Waals surface area (Å²) in [6.45, 7) is 3.70. The minimum atomic E-state index is -0.368. The molecule has 1 amide bonds. The average molecular weight is 271 g/mol. The zero-order valence-corrected chi connectivity index (χ0v) is 11.1. The van der Waals surface area contributed by atoms with Gasteiger partial charge < -0.3 is 9.73 Å². The second-order valence-electron chi connectivity index (χ2n) is 4.34. The second-order valence-corrected chi connectivity index (χ2v) is 4.34. The van der Waals surface area contributed by atoms with Crippen molar-refractivity contribution in [2.75, 3.05) is 5.32 Å². The average Bonchev–Trinajstić information content (AvgIpc) is 3.03. The summed E-state index contributed by atoms with van der Waals surface area (Å²) in [5, 5.41) is 9.16. The number of carbonyl (C=O) groups is 1. The van der Waals surface area contributed by atoms with Gasteiger partial charge in [-0.05, 0) is 25.1 Å². The molecule has 0 bridgehead atoms. The van der Waals surface area contributed by atoms with E-state index in [0.717, 1.165) is 6.42 Å². The molecule has 7 heteroatoms. The van der Waals surface area contributed by atoms with E-state index in [9.17, 15) is 4.79 Å². The second kappa shape index (κ2) is 4.76. The van der Waals surface area contributed by atoms with Crippen LogP contribution in [0.2, 0.25) is 0 Å². The third kappa shape index (κ3) is 2.25. The lowest BCUT2D eigenvalue weighted by Gasteiger charge is -2.01. The summed E-state index contributed by atoms with van der Waals surface area (Å²) in [6, 6.07) is 5.29. The third-order valence-electron chi connectivity index (χ3n) is 2.79. The van der Waals surface area contributed by atoms with Crippen molar-refractivity contribution in [1.82, 2.24) is 20.2 Å². The number of anilines is 1. The van der Waals surface area contributed by atoms with Crippen LogP contribution in [0, 0.1) is 6.92 Å². The molecule has 2 aromatic heterocycles. The SMILES string of the molecule is CCc1nc2cc(NC(=O)c3n[nH]c(C)n3)ccc2o1. The molecule has 3 rings (SSSR count). The van der Waals surface area contributed by atoms with Gasteiger partial charge in [0, 0.05) is 12.1 Å². The van der Waals surface area contributed by atoms with E-state index in [1.165, 1.54) is 0 Å². The number of rotatable bonds is 3. The normalized spacial score (nSPS) is 10.9. The lowest BCUT2D eigenvalue weighted by Crippen LogP contribution is -2.13. The van der Waals surface area contributed by atoms with Gasteiger partial charge in [-0.15, -0.1) is 5.10 Å². The summed E-state index contributed by atoms with van der Waals surface area (Å²) in [4.78, 5) is 20.2. The van der Waals surface area contributed by atoms with Crippen LogP contribution in [0.25, 0.3) is 11.1 Å². The van der Waals surface area contributed by atoms with E-state index in [2.05, 4.69) is 25.5 Å². The number of hydrogen-bond donors (Lipinski definition) is 2. The molecule has 0 aliphatic rings. The highest BCUT2D eigenvalue weighted by atomic mass is 16.3. The van der Waals surface area contributed by atoms with Crippen molar-refractivity contribution in [3.63, 3.8) is 0 Å². The fourth-order valence-electron chi connectivity index (χ4n) is 1.84. The largest absolute Gasteiger partial charge is 0.441 e. The Balaban J connectivity index is 1.85. The summed E-state index contributed by atoms with van der Waals surface area (Å²) < 4.78 is 5.51. The number of aromatic nitrogens is 4. The molecular weight excluding hydrogens is 258 g/mol. The molecule has 0 saturated carbocycles. The summed E-state index contributed by atoms with van der Waals surface area (Å²) in [5.41, 5.74) is 2.04. The lowest BCUT2D eigenvalue weighted by molar-refractivity contribution is 0.101. The molecule has 2 heterocycles. The highest BCUT2D eigenvalue weighted by Crippen LogP contribution is 2.20. The number of hydrogen-bond acceptors (Lipinski definition) is 5. The number of aryl methyl sites for hydroxylation is 2. The molecule has 0 unspecified atom stereocenters. The first kappa shape index (κ1) is 12.3. The molecule has 0 saturated heterocycles. The zero-order valence-electron chi connectivity index (χ0n) is 11.1. The molecule has 0 aliphatic heterocycles. The molecule has 102 valence electrons. The van der Waals surface area contributed by atoms with Crippen LogP contribution in [0.4, 0.5) is 5.69 Å². The van der Waals surface area contributed by atoms with E-state index in [1.807, 2.05) is 6.92 Å². The highest BCUT2D eigenvalue weighted by molar-refractivity contribution is 6.02. The Morgan fingerprint density at radius 3 is 2.95 bits per heavy atom. The number of aromatic amines is 1. The van der Waals surface area contributed by atoms with Crippen molar-refractivity contribution in [2.24, 2.45) is 0 Å². The first-order valence-electron chi connectivity index (χ1n) is 6.25. The molecule has 3 aromatic rings. The van der Waals surface area contributed by atoms with E-state index in [4.69, 9.17) is 4.42 Å². The number of nitrogens with zero attached hydrogens (tertiary/aromatic N) is 3. The molecule has 20 heavy (non-hydrogen) atoms. The van der Waals surface area contributed by atoms with E-state index >= 15 is 0 Å². The predicted molar refractivity (Wildman–Crippen MR) is 72.5 cm³/mol. The first-order chi connectivity index (χ1) is 9.65. The van der Waals surface area contributed by atoms with E-state index in [1.54, 1.807) is 25.1 Å². The van der Waals surface area contributed by atoms with Gasteiger partial charge in [0.05, 0.1) is 0 Å². The van der Waals surface area contributed by atoms with Gasteiger partial charge in [-0.25, -0.2) is 9.97 Å². The van der Waals surface area contributed by atoms with Crippen LogP contribution in [0.5, 0.6) is 0 Å². The summed E-state index contributed by atoms with van der Waals surface area (Å²) >= 11 is 0. The van der Waals surface area contributed by atoms with Crippen molar-refractivity contribution in [3.8, 4) is 0 Å². The number of H-pyrrole nitrogens is 1. The number of benzene rings is 1. The fourth-order valence-corrected chi connectivity index (χ4v) is 1.84. The van der Waals surface area contributed by atoms with Gasteiger partial charge in [0.25, 0.3) is 5.91 Å². The number of nitrogens with one attached hydrogen (secondary N) is 2. The fraction of sp³-hybridized carbons (Fsp3) is 0.231. The van der Waals surface area contributed by atoms with Crippen LogP contribution in [0.1, 0.15) is 29.3 Å². The molecule has 2 N–H and O–H groups in total. The van der Waals surface area contributed by atoms with Gasteiger partial charge >= 0.3 is 0 Å². The van der Waals surface area contributed by atoms with Crippen molar-refractivity contribution >= 4 is 22.7 Å². The number of amides is 1. The van der Waals surface area contributed by atoms with Crippen LogP contribution in [-0.2, 0) is 6.42 Å². The summed E-state index contributed by atoms with van der Waals surface area (Å²) in [5.74, 6) is 1.01. The van der Waals surface area contributed by atoms with Crippen LogP contribution in [-0.4, -0.2) is 26.1 Å². The van der Waals surface area contributed by atoms with Crippen LogP contribution >= 0.6 is 0 Å². The van der Waals surface area contributed by atoms with Crippen molar-refractivity contribution in [2.45, 2.75) is 20.3 Å². The van der Waals surface area contributed by atoms with E-state index < -0.39 is 0 Å². The third-order valence-corrected chi connectivity index (χ3v) is 2.79. The summed E-state index contributed by atoms with van der Waals surface area (Å²) in [6.07, 6.45) is 0.729. The molecule has 0 fully saturated rings. The molecule has 1 aromatic carbocycles. The van der Waals surface area contributed by atoms with Gasteiger partial charge in [0.2, 0.25) is 5.82 Å². The van der Waals surface area contributed by atoms with Gasteiger partial charge in [-0.3, -0.25) is 9.89 Å². The van der Waals surface area contributed by atoms with Gasteiger partial charge in [-0.1, -0.05) is 6.92 Å². The van der Waals surface area contributed by atoms with Gasteiger partial charge in [-0.2, -0.15) is 0 Å². The van der Waals surface area contributed by atoms with Crippen molar-refractivity contribution in [3.05, 3.63) is 35.7 Å². The Morgan fingerprint density at radius 1 is 1.40 bits per heavy atom. The molecule has 0 aliphatic carbocycles. The smallest absolute Gasteiger partial charge is 0.295 e. The Hall–Kier alpha value is -2.70. The Labute approximate surface area is 114 Å². The molecule has 0 atom stereocenters. The molecule has 0 spiro atoms. The standard InChI is InChI=1S/C13H13N5O2/c1-3-11-16-9-6-8(4-5-10(9)20-11)15-13(19)12-14-7(2)17-18-12/h4-6H,3H2,1-2H3,(H,15,19)(H,14,17,18). The predicted octanol–water partition coefficient (Wildman–Crippen LogP) is 2.07. The Morgan fingerprint density at radius 2 is 2.25 bits per heavy atom. The van der Waals surface area contributed by atoms with Crippen LogP contribution < -0.4 is 5.32 Å². The topological polar surface area (TPSA) is 96.7 Å². The van der Waals surface area contributed by atoms with E-state index in [-0.39, 0.29) is 11.7 Å². The number of carbonyl (C=O) groups excluding carboxylic acids is 1. The lowest BCUT2D eigenvalue weighted by atomic mass is 10.3. The minimum absolute atomic E-state index is 0.108. The first-order valence-corrected chi connectivity index (χ1v) is 6.25. The van der Waals surface area contributed by atoms with Crippen molar-refractivity contribution in [1.29, 1.82) is 0 Å². The van der Waals surface area contributed by atoms with Gasteiger partial charge in [0.1, 0.15) is 11.3 Å². The molecule has 7 nitrogen and oxygen atoms in total. The zero-order chi connectivity index (χ0) is 14.1. The quantitative estimate of drug-likeness (QED) is 0.760. The maximum absolute atomic E-state index is 11.9. The molecular formula is C13H13N5O2.